The summed E-state index contributed by atoms with van der Waals surface area (Å²) in [4.78, 5) is 2.58. The van der Waals surface area contributed by atoms with Gasteiger partial charge in [0.2, 0.25) is 0 Å². The van der Waals surface area contributed by atoms with Crippen molar-refractivity contribution in [1.82, 2.24) is 10.2 Å². The minimum absolute atomic E-state index is 0.0692. The van der Waals surface area contributed by atoms with Crippen molar-refractivity contribution in [3.05, 3.63) is 0 Å². The average molecular weight is 256 g/mol. The Bertz CT molecular complexity index is 223. The van der Waals surface area contributed by atoms with E-state index in [1.54, 1.807) is 0 Å². The maximum atomic E-state index is 5.67. The summed E-state index contributed by atoms with van der Waals surface area (Å²) in [6, 6.07) is 0.647. The number of hydrogen-bond acceptors (Lipinski definition) is 3. The fourth-order valence-electron chi connectivity index (χ4n) is 2.90. The molecule has 1 aliphatic heterocycles. The lowest BCUT2D eigenvalue weighted by Crippen LogP contribution is -2.51. The molecule has 3 heteroatoms. The molecule has 1 saturated heterocycles. The highest BCUT2D eigenvalue weighted by Gasteiger charge is 2.31. The Morgan fingerprint density at radius 2 is 2.11 bits per heavy atom. The summed E-state index contributed by atoms with van der Waals surface area (Å²) in [5, 5.41) is 3.68. The molecule has 108 valence electrons. The first kappa shape index (κ1) is 15.9. The monoisotopic (exact) mass is 256 g/mol. The molecule has 2 atom stereocenters. The van der Waals surface area contributed by atoms with Crippen LogP contribution in [0.1, 0.15) is 52.9 Å². The summed E-state index contributed by atoms with van der Waals surface area (Å²) in [5.41, 5.74) is 0.0692. The molecule has 0 bridgehead atoms. The maximum Gasteiger partial charge on any atom is 0.0777 e. The highest BCUT2D eigenvalue weighted by Crippen LogP contribution is 2.24. The van der Waals surface area contributed by atoms with Crippen molar-refractivity contribution in [2.24, 2.45) is 0 Å². The van der Waals surface area contributed by atoms with Gasteiger partial charge in [0.15, 0.2) is 0 Å². The second kappa shape index (κ2) is 8.13. The minimum Gasteiger partial charge on any atom is -0.377 e. The van der Waals surface area contributed by atoms with Crippen molar-refractivity contribution in [3.8, 4) is 0 Å². The molecule has 0 saturated carbocycles. The van der Waals surface area contributed by atoms with Gasteiger partial charge in [-0.25, -0.2) is 0 Å². The zero-order valence-corrected chi connectivity index (χ0v) is 12.8. The van der Waals surface area contributed by atoms with Crippen molar-refractivity contribution < 1.29 is 4.74 Å². The van der Waals surface area contributed by atoms with E-state index in [0.29, 0.717) is 6.04 Å². The number of methoxy groups -OCH3 is 1. The Morgan fingerprint density at radius 1 is 1.33 bits per heavy atom. The third-order valence-electron chi connectivity index (χ3n) is 4.03. The molecule has 3 nitrogen and oxygen atoms in total. The first-order valence-corrected chi connectivity index (χ1v) is 7.64. The Kier molecular flexibility index (Phi) is 7.20. The predicted molar refractivity (Wildman–Crippen MR) is 78.1 cm³/mol. The van der Waals surface area contributed by atoms with E-state index in [4.69, 9.17) is 4.74 Å². The van der Waals surface area contributed by atoms with Crippen molar-refractivity contribution >= 4 is 0 Å². The number of nitrogens with one attached hydrogen (secondary N) is 1. The first-order valence-electron chi connectivity index (χ1n) is 7.64. The molecule has 2 unspecified atom stereocenters. The summed E-state index contributed by atoms with van der Waals surface area (Å²) in [6.45, 7) is 11.4. The molecular weight excluding hydrogens is 224 g/mol. The van der Waals surface area contributed by atoms with E-state index < -0.39 is 0 Å². The fourth-order valence-corrected chi connectivity index (χ4v) is 2.90. The van der Waals surface area contributed by atoms with Gasteiger partial charge < -0.3 is 10.1 Å². The normalized spacial score (nSPS) is 27.3. The van der Waals surface area contributed by atoms with Crippen LogP contribution in [0.15, 0.2) is 0 Å². The van der Waals surface area contributed by atoms with Crippen LogP contribution < -0.4 is 5.32 Å². The highest BCUT2D eigenvalue weighted by atomic mass is 16.5. The fraction of sp³-hybridized carbons (Fsp3) is 1.00. The zero-order chi connectivity index (χ0) is 13.4. The molecule has 1 aliphatic rings. The van der Waals surface area contributed by atoms with Crippen LogP contribution >= 0.6 is 0 Å². The predicted octanol–water partition coefficient (Wildman–Crippen LogP) is 2.66. The third-order valence-corrected chi connectivity index (χ3v) is 4.03. The molecule has 0 aromatic rings. The number of piperidine rings is 1. The molecule has 0 aliphatic carbocycles. The summed E-state index contributed by atoms with van der Waals surface area (Å²) in [6.07, 6.45) is 6.21. The molecule has 0 amide bonds. The second-order valence-corrected chi connectivity index (χ2v) is 5.93. The van der Waals surface area contributed by atoms with Gasteiger partial charge in [0.1, 0.15) is 0 Å². The molecular formula is C15H32N2O. The average Bonchev–Trinajstić information content (AvgIpc) is 2.36. The molecule has 1 fully saturated rings. The summed E-state index contributed by atoms with van der Waals surface area (Å²) in [7, 11) is 1.85. The van der Waals surface area contributed by atoms with Crippen LogP contribution in [-0.2, 0) is 4.74 Å². The molecule has 0 spiro atoms. The minimum atomic E-state index is 0.0692. The van der Waals surface area contributed by atoms with Gasteiger partial charge in [-0.1, -0.05) is 20.3 Å². The van der Waals surface area contributed by atoms with E-state index >= 15 is 0 Å². The first-order chi connectivity index (χ1) is 8.63. The van der Waals surface area contributed by atoms with Crippen LogP contribution in [0, 0.1) is 0 Å². The molecule has 18 heavy (non-hydrogen) atoms. The second-order valence-electron chi connectivity index (χ2n) is 5.93. The van der Waals surface area contributed by atoms with Gasteiger partial charge in [0, 0.05) is 26.2 Å². The zero-order valence-electron chi connectivity index (χ0n) is 12.8. The van der Waals surface area contributed by atoms with Gasteiger partial charge in [-0.3, -0.25) is 4.90 Å². The van der Waals surface area contributed by atoms with Crippen molar-refractivity contribution in [2.75, 3.05) is 33.3 Å². The van der Waals surface area contributed by atoms with E-state index in [-0.39, 0.29) is 5.60 Å². The van der Waals surface area contributed by atoms with Crippen molar-refractivity contribution in [3.63, 3.8) is 0 Å². The van der Waals surface area contributed by atoms with Gasteiger partial charge in [-0.15, -0.1) is 0 Å². The van der Waals surface area contributed by atoms with E-state index in [1.807, 2.05) is 7.11 Å². The standard InChI is InChI=1S/C15H32N2O/c1-5-8-14(16-10-6-2)12-17-11-7-9-15(3,13-17)18-4/h14,16H,5-13H2,1-4H3. The van der Waals surface area contributed by atoms with Crippen molar-refractivity contribution in [2.45, 2.75) is 64.5 Å². The molecule has 1 N–H and O–H groups in total. The van der Waals surface area contributed by atoms with Crippen LogP contribution in [0.5, 0.6) is 0 Å². The number of ether oxygens (including phenoxy) is 1. The largest absolute Gasteiger partial charge is 0.377 e. The lowest BCUT2D eigenvalue weighted by molar-refractivity contribution is -0.0524. The smallest absolute Gasteiger partial charge is 0.0777 e. The molecule has 0 aromatic heterocycles. The third kappa shape index (κ3) is 5.25. The lowest BCUT2D eigenvalue weighted by atomic mass is 9.94. The van der Waals surface area contributed by atoms with Gasteiger partial charge >= 0.3 is 0 Å². The van der Waals surface area contributed by atoms with E-state index in [1.165, 1.54) is 45.2 Å². The molecule has 0 aromatic carbocycles. The van der Waals surface area contributed by atoms with Gasteiger partial charge in [-0.05, 0) is 45.7 Å². The Morgan fingerprint density at radius 3 is 2.72 bits per heavy atom. The number of hydrogen-bond donors (Lipinski definition) is 1. The number of nitrogens with zero attached hydrogens (tertiary/aromatic N) is 1. The van der Waals surface area contributed by atoms with Crippen LogP contribution in [0.25, 0.3) is 0 Å². The SMILES string of the molecule is CCCNC(CCC)CN1CCCC(C)(OC)C1. The van der Waals surface area contributed by atoms with E-state index in [2.05, 4.69) is 31.0 Å². The van der Waals surface area contributed by atoms with Crippen LogP contribution in [0.2, 0.25) is 0 Å². The Hall–Kier alpha value is -0.120. The van der Waals surface area contributed by atoms with E-state index in [0.717, 1.165) is 13.1 Å². The van der Waals surface area contributed by atoms with Crippen LogP contribution in [-0.4, -0.2) is 49.8 Å². The molecule has 1 heterocycles. The quantitative estimate of drug-likeness (QED) is 0.722. The van der Waals surface area contributed by atoms with Crippen LogP contribution in [0.4, 0.5) is 0 Å². The van der Waals surface area contributed by atoms with Crippen LogP contribution in [0.3, 0.4) is 0 Å². The maximum absolute atomic E-state index is 5.67. The van der Waals surface area contributed by atoms with Gasteiger partial charge in [0.05, 0.1) is 5.60 Å². The molecule has 1 rings (SSSR count). The summed E-state index contributed by atoms with van der Waals surface area (Å²) >= 11 is 0. The van der Waals surface area contributed by atoms with Crippen molar-refractivity contribution in [1.29, 1.82) is 0 Å². The molecule has 0 radical (unpaired) electrons. The summed E-state index contributed by atoms with van der Waals surface area (Å²) < 4.78 is 5.67. The topological polar surface area (TPSA) is 24.5 Å². The number of likely N-dealkylation sites (tertiary alicyclic amines) is 1. The lowest BCUT2D eigenvalue weighted by Gasteiger charge is -2.41. The highest BCUT2D eigenvalue weighted by molar-refractivity contribution is 4.86. The summed E-state index contributed by atoms with van der Waals surface area (Å²) in [5.74, 6) is 0. The Labute approximate surface area is 113 Å². The van der Waals surface area contributed by atoms with Gasteiger partial charge in [-0.2, -0.15) is 0 Å². The van der Waals surface area contributed by atoms with E-state index in [9.17, 15) is 0 Å². The van der Waals surface area contributed by atoms with Gasteiger partial charge in [0.25, 0.3) is 0 Å². The number of rotatable bonds is 8. The Balaban J connectivity index is 2.42.